The van der Waals surface area contributed by atoms with E-state index in [4.69, 9.17) is 5.21 Å². The maximum atomic E-state index is 12.4. The first-order valence-electron chi connectivity index (χ1n) is 10.8. The van der Waals surface area contributed by atoms with Crippen LogP contribution in [0.5, 0.6) is 0 Å². The molecule has 0 saturated heterocycles. The van der Waals surface area contributed by atoms with Crippen LogP contribution in [0.1, 0.15) is 42.5 Å². The van der Waals surface area contributed by atoms with E-state index in [0.29, 0.717) is 41.8 Å². The van der Waals surface area contributed by atoms with E-state index in [-0.39, 0.29) is 11.8 Å². The quantitative estimate of drug-likeness (QED) is 0.181. The third-order valence-corrected chi connectivity index (χ3v) is 5.03. The molecule has 172 valence electrons. The van der Waals surface area contributed by atoms with Crippen molar-refractivity contribution in [1.82, 2.24) is 15.8 Å². The van der Waals surface area contributed by atoms with E-state index < -0.39 is 6.03 Å². The van der Waals surface area contributed by atoms with Crippen LogP contribution in [-0.4, -0.2) is 34.6 Å². The van der Waals surface area contributed by atoms with Gasteiger partial charge in [-0.15, -0.1) is 0 Å². The summed E-state index contributed by atoms with van der Waals surface area (Å²) in [6, 6.07) is 15.6. The molecule has 0 spiro atoms. The van der Waals surface area contributed by atoms with Crippen LogP contribution >= 0.6 is 0 Å². The zero-order valence-corrected chi connectivity index (χ0v) is 18.1. The van der Waals surface area contributed by atoms with Crippen LogP contribution in [0.3, 0.4) is 0 Å². The minimum Gasteiger partial charge on any atom is -0.352 e. The van der Waals surface area contributed by atoms with Crippen LogP contribution in [0.4, 0.5) is 16.2 Å². The van der Waals surface area contributed by atoms with E-state index in [9.17, 15) is 14.4 Å². The average Bonchev–Trinajstić information content (AvgIpc) is 2.83. The van der Waals surface area contributed by atoms with E-state index in [1.54, 1.807) is 42.0 Å². The Morgan fingerprint density at radius 1 is 0.848 bits per heavy atom. The predicted molar refractivity (Wildman–Crippen MR) is 126 cm³/mol. The topological polar surface area (TPSA) is 132 Å². The molecule has 0 saturated carbocycles. The van der Waals surface area contributed by atoms with Gasteiger partial charge in [-0.05, 0) is 49.2 Å². The number of hydrogen-bond acceptors (Lipinski definition) is 5. The third-order valence-electron chi connectivity index (χ3n) is 5.03. The molecule has 0 aliphatic carbocycles. The monoisotopic (exact) mass is 449 g/mol. The first-order chi connectivity index (χ1) is 16.1. The van der Waals surface area contributed by atoms with Crippen LogP contribution in [-0.2, 0) is 4.79 Å². The number of nitrogens with zero attached hydrogens (tertiary/aromatic N) is 1. The van der Waals surface area contributed by atoms with Gasteiger partial charge in [0.15, 0.2) is 0 Å². The molecule has 0 unspecified atom stereocenters. The zero-order valence-electron chi connectivity index (χ0n) is 18.1. The highest BCUT2D eigenvalue weighted by Crippen LogP contribution is 2.21. The fourth-order valence-corrected chi connectivity index (χ4v) is 3.32. The molecule has 1 aromatic heterocycles. The Bertz CT molecular complexity index is 1100. The minimum atomic E-state index is -0.401. The Balaban J connectivity index is 1.41. The highest BCUT2D eigenvalue weighted by molar-refractivity contribution is 6.05. The number of pyridine rings is 1. The van der Waals surface area contributed by atoms with Gasteiger partial charge in [-0.25, -0.2) is 10.3 Å². The van der Waals surface area contributed by atoms with Crippen molar-refractivity contribution in [2.24, 2.45) is 0 Å². The molecule has 0 radical (unpaired) electrons. The van der Waals surface area contributed by atoms with Gasteiger partial charge in [0, 0.05) is 35.8 Å². The molecule has 33 heavy (non-hydrogen) atoms. The highest BCUT2D eigenvalue weighted by Gasteiger charge is 2.09. The lowest BCUT2D eigenvalue weighted by Crippen LogP contribution is -2.24. The van der Waals surface area contributed by atoms with Crippen molar-refractivity contribution in [3.63, 3.8) is 0 Å². The first kappa shape index (κ1) is 23.7. The van der Waals surface area contributed by atoms with Gasteiger partial charge in [0.25, 0.3) is 5.91 Å². The van der Waals surface area contributed by atoms with Gasteiger partial charge in [0.05, 0.1) is 11.2 Å². The summed E-state index contributed by atoms with van der Waals surface area (Å²) in [4.78, 5) is 39.9. The summed E-state index contributed by atoms with van der Waals surface area (Å²) in [7, 11) is 0. The number of hydroxylamine groups is 1. The lowest BCUT2D eigenvalue weighted by atomic mass is 10.1. The Kier molecular flexibility index (Phi) is 8.72. The molecular formula is C24H27N5O4. The Labute approximate surface area is 191 Å². The molecule has 3 rings (SSSR count). The molecule has 0 atom stereocenters. The predicted octanol–water partition coefficient (Wildman–Crippen LogP) is 4.06. The van der Waals surface area contributed by atoms with Crippen LogP contribution in [0.2, 0.25) is 0 Å². The molecule has 3 aromatic rings. The molecule has 2 aromatic carbocycles. The molecule has 0 fully saturated rings. The van der Waals surface area contributed by atoms with Crippen molar-refractivity contribution in [2.75, 3.05) is 17.2 Å². The van der Waals surface area contributed by atoms with Gasteiger partial charge < -0.3 is 16.0 Å². The maximum absolute atomic E-state index is 12.4. The number of para-hydroxylation sites is 1. The molecular weight excluding hydrogens is 422 g/mol. The number of carbonyl (C=O) groups excluding carboxylic acids is 3. The number of unbranched alkanes of at least 4 members (excludes halogenated alkanes) is 3. The number of anilines is 2. The lowest BCUT2D eigenvalue weighted by Gasteiger charge is -2.10. The summed E-state index contributed by atoms with van der Waals surface area (Å²) < 4.78 is 0. The second kappa shape index (κ2) is 12.2. The molecule has 5 N–H and O–H groups in total. The zero-order chi connectivity index (χ0) is 23.5. The summed E-state index contributed by atoms with van der Waals surface area (Å²) in [6.45, 7) is 0.534. The first-order valence-corrected chi connectivity index (χ1v) is 10.8. The Morgan fingerprint density at radius 3 is 2.39 bits per heavy atom. The Hall–Kier alpha value is -3.98. The van der Waals surface area contributed by atoms with Crippen LogP contribution in [0, 0.1) is 0 Å². The molecule has 1 heterocycles. The van der Waals surface area contributed by atoms with Crippen molar-refractivity contribution >= 4 is 40.1 Å². The number of urea groups is 1. The van der Waals surface area contributed by atoms with Gasteiger partial charge in [-0.2, -0.15) is 0 Å². The highest BCUT2D eigenvalue weighted by atomic mass is 16.5. The fraction of sp³-hybridized carbons (Fsp3) is 0.250. The molecule has 0 aliphatic rings. The minimum absolute atomic E-state index is 0.188. The van der Waals surface area contributed by atoms with Gasteiger partial charge in [-0.3, -0.25) is 19.8 Å². The van der Waals surface area contributed by atoms with Crippen LogP contribution in [0.15, 0.2) is 60.8 Å². The summed E-state index contributed by atoms with van der Waals surface area (Å²) in [6.07, 6.45) is 5.19. The fourth-order valence-electron chi connectivity index (χ4n) is 3.32. The second-order valence-electron chi connectivity index (χ2n) is 7.49. The van der Waals surface area contributed by atoms with Crippen molar-refractivity contribution in [3.05, 3.63) is 66.4 Å². The number of benzene rings is 2. The summed E-state index contributed by atoms with van der Waals surface area (Å²) in [5.41, 5.74) is 3.98. The van der Waals surface area contributed by atoms with E-state index >= 15 is 0 Å². The van der Waals surface area contributed by atoms with Crippen molar-refractivity contribution in [1.29, 1.82) is 0 Å². The molecule has 0 bridgehead atoms. The number of amides is 4. The van der Waals surface area contributed by atoms with Gasteiger partial charge in [0.1, 0.15) is 0 Å². The molecule has 9 heteroatoms. The van der Waals surface area contributed by atoms with Crippen LogP contribution < -0.4 is 21.4 Å². The van der Waals surface area contributed by atoms with Gasteiger partial charge in [-0.1, -0.05) is 31.0 Å². The van der Waals surface area contributed by atoms with Gasteiger partial charge >= 0.3 is 6.03 Å². The lowest BCUT2D eigenvalue weighted by molar-refractivity contribution is -0.129. The van der Waals surface area contributed by atoms with E-state index in [1.165, 1.54) is 0 Å². The van der Waals surface area contributed by atoms with E-state index in [2.05, 4.69) is 20.9 Å². The number of rotatable bonds is 10. The summed E-state index contributed by atoms with van der Waals surface area (Å²) in [5.74, 6) is -0.572. The number of aromatic nitrogens is 1. The van der Waals surface area contributed by atoms with Crippen molar-refractivity contribution in [3.8, 4) is 0 Å². The van der Waals surface area contributed by atoms with Crippen molar-refractivity contribution < 1.29 is 19.6 Å². The SMILES string of the molecule is O=C(CCCCCCNC(=O)c1ccc(NC(=O)Nc2cccc3cccnc23)cc1)NO. The average molecular weight is 450 g/mol. The number of carbonyl (C=O) groups is 3. The standard InChI is InChI=1S/C24H27N5O4/c30-21(29-33)10-3-1-2-4-15-26-23(31)18-11-13-19(14-12-18)27-24(32)28-20-9-5-7-17-8-6-16-25-22(17)20/h5-9,11-14,16,33H,1-4,10,15H2,(H,26,31)(H,29,30)(H2,27,28,32). The summed E-state index contributed by atoms with van der Waals surface area (Å²) >= 11 is 0. The number of fused-ring (bicyclic) bond motifs is 1. The second-order valence-corrected chi connectivity index (χ2v) is 7.49. The van der Waals surface area contributed by atoms with E-state index in [1.807, 2.05) is 24.3 Å². The summed E-state index contributed by atoms with van der Waals surface area (Å²) in [5, 5.41) is 17.8. The van der Waals surface area contributed by atoms with Crippen molar-refractivity contribution in [2.45, 2.75) is 32.1 Å². The van der Waals surface area contributed by atoms with Crippen LogP contribution in [0.25, 0.3) is 10.9 Å². The normalized spacial score (nSPS) is 10.5. The number of nitrogens with one attached hydrogen (secondary N) is 4. The van der Waals surface area contributed by atoms with Gasteiger partial charge in [0.2, 0.25) is 5.91 Å². The smallest absolute Gasteiger partial charge is 0.323 e. The molecule has 0 aliphatic heterocycles. The Morgan fingerprint density at radius 2 is 1.61 bits per heavy atom. The third kappa shape index (κ3) is 7.29. The largest absolute Gasteiger partial charge is 0.352 e. The molecule has 9 nitrogen and oxygen atoms in total. The molecule has 4 amide bonds. The maximum Gasteiger partial charge on any atom is 0.323 e. The number of hydrogen-bond donors (Lipinski definition) is 5. The van der Waals surface area contributed by atoms with E-state index in [0.717, 1.165) is 24.6 Å².